The summed E-state index contributed by atoms with van der Waals surface area (Å²) >= 11 is 0. The van der Waals surface area contributed by atoms with Crippen molar-refractivity contribution < 1.29 is 14.3 Å². The van der Waals surface area contributed by atoms with E-state index in [2.05, 4.69) is 0 Å². The van der Waals surface area contributed by atoms with Gasteiger partial charge in [0, 0.05) is 17.6 Å². The fourth-order valence-electron chi connectivity index (χ4n) is 1.95. The lowest BCUT2D eigenvalue weighted by Gasteiger charge is -2.33. The smallest absolute Gasteiger partial charge is 0.307 e. The molecule has 0 fully saturated rings. The molecule has 0 amide bonds. The molecular formula is C14H20FNO2. The van der Waals surface area contributed by atoms with E-state index in [1.165, 1.54) is 6.07 Å². The second-order valence-corrected chi connectivity index (χ2v) is 4.73. The highest BCUT2D eigenvalue weighted by Gasteiger charge is 2.27. The third-order valence-corrected chi connectivity index (χ3v) is 3.72. The van der Waals surface area contributed by atoms with Crippen LogP contribution in [0.1, 0.15) is 32.4 Å². The van der Waals surface area contributed by atoms with Crippen LogP contribution in [-0.4, -0.2) is 29.1 Å². The molecule has 100 valence electrons. The Morgan fingerprint density at radius 3 is 2.33 bits per heavy atom. The third kappa shape index (κ3) is 3.07. The standard InChI is InChI=1S/C14H20FNO2/c1-9(14(17)18)10(2)16(4)11(3)12-7-5-6-8-13(12)15/h5-11H,1-4H3,(H,17,18). The summed E-state index contributed by atoms with van der Waals surface area (Å²) in [5.74, 6) is -1.59. The lowest BCUT2D eigenvalue weighted by molar-refractivity contribution is -0.143. The van der Waals surface area contributed by atoms with E-state index in [9.17, 15) is 9.18 Å². The number of rotatable bonds is 5. The average Bonchev–Trinajstić information content (AvgIpc) is 2.35. The molecular weight excluding hydrogens is 233 g/mol. The van der Waals surface area contributed by atoms with E-state index >= 15 is 0 Å². The first-order valence-corrected chi connectivity index (χ1v) is 6.05. The van der Waals surface area contributed by atoms with Gasteiger partial charge in [0.05, 0.1) is 5.92 Å². The van der Waals surface area contributed by atoms with E-state index < -0.39 is 11.9 Å². The second kappa shape index (κ2) is 5.96. The SMILES string of the molecule is CC(C(=O)O)C(C)N(C)C(C)c1ccccc1F. The van der Waals surface area contributed by atoms with E-state index in [1.54, 1.807) is 25.1 Å². The topological polar surface area (TPSA) is 40.5 Å². The summed E-state index contributed by atoms with van der Waals surface area (Å²) in [4.78, 5) is 12.9. The quantitative estimate of drug-likeness (QED) is 0.877. The van der Waals surface area contributed by atoms with Crippen molar-refractivity contribution in [3.8, 4) is 0 Å². The Labute approximate surface area is 107 Å². The van der Waals surface area contributed by atoms with E-state index in [0.717, 1.165) is 0 Å². The average molecular weight is 253 g/mol. The van der Waals surface area contributed by atoms with Crippen LogP contribution < -0.4 is 0 Å². The Kier molecular flexibility index (Phi) is 4.84. The van der Waals surface area contributed by atoms with E-state index in [4.69, 9.17) is 5.11 Å². The summed E-state index contributed by atoms with van der Waals surface area (Å²) in [5.41, 5.74) is 0.587. The van der Waals surface area contributed by atoms with Gasteiger partial charge < -0.3 is 5.11 Å². The molecule has 3 atom stereocenters. The molecule has 0 radical (unpaired) electrons. The van der Waals surface area contributed by atoms with Gasteiger partial charge in [-0.25, -0.2) is 4.39 Å². The van der Waals surface area contributed by atoms with Gasteiger partial charge in [-0.15, -0.1) is 0 Å². The summed E-state index contributed by atoms with van der Waals surface area (Å²) in [6, 6.07) is 6.25. The predicted molar refractivity (Wildman–Crippen MR) is 68.8 cm³/mol. The van der Waals surface area contributed by atoms with Gasteiger partial charge in [-0.3, -0.25) is 9.69 Å². The number of hydrogen-bond donors (Lipinski definition) is 1. The second-order valence-electron chi connectivity index (χ2n) is 4.73. The predicted octanol–water partition coefficient (Wildman–Crippen LogP) is 2.93. The Balaban J connectivity index is 2.87. The van der Waals surface area contributed by atoms with Gasteiger partial charge in [-0.1, -0.05) is 25.1 Å². The number of nitrogens with zero attached hydrogens (tertiary/aromatic N) is 1. The Morgan fingerprint density at radius 1 is 1.28 bits per heavy atom. The van der Waals surface area contributed by atoms with Gasteiger partial charge in [-0.2, -0.15) is 0 Å². The van der Waals surface area contributed by atoms with Gasteiger partial charge in [0.2, 0.25) is 0 Å². The van der Waals surface area contributed by atoms with Crippen molar-refractivity contribution in [3.63, 3.8) is 0 Å². The van der Waals surface area contributed by atoms with Gasteiger partial charge in [0.15, 0.2) is 0 Å². The van der Waals surface area contributed by atoms with Crippen molar-refractivity contribution in [1.82, 2.24) is 4.90 Å². The Morgan fingerprint density at radius 2 is 1.83 bits per heavy atom. The summed E-state index contributed by atoms with van der Waals surface area (Å²) in [6.45, 7) is 5.39. The number of aliphatic carboxylic acids is 1. The molecule has 0 spiro atoms. The molecule has 4 heteroatoms. The molecule has 1 aromatic carbocycles. The molecule has 0 aliphatic carbocycles. The van der Waals surface area contributed by atoms with Crippen molar-refractivity contribution >= 4 is 5.97 Å². The lowest BCUT2D eigenvalue weighted by Crippen LogP contribution is -2.39. The summed E-state index contributed by atoms with van der Waals surface area (Å²) < 4.78 is 13.7. The van der Waals surface area contributed by atoms with Crippen LogP contribution >= 0.6 is 0 Å². The van der Waals surface area contributed by atoms with Crippen molar-refractivity contribution in [1.29, 1.82) is 0 Å². The van der Waals surface area contributed by atoms with Crippen molar-refractivity contribution in [3.05, 3.63) is 35.6 Å². The zero-order chi connectivity index (χ0) is 13.9. The van der Waals surface area contributed by atoms with Gasteiger partial charge >= 0.3 is 5.97 Å². The number of carbonyl (C=O) groups is 1. The van der Waals surface area contributed by atoms with E-state index in [1.807, 2.05) is 25.8 Å². The number of carboxylic acid groups (broad SMARTS) is 1. The summed E-state index contributed by atoms with van der Waals surface area (Å²) in [5, 5.41) is 9.01. The van der Waals surface area contributed by atoms with E-state index in [-0.39, 0.29) is 17.9 Å². The zero-order valence-electron chi connectivity index (χ0n) is 11.2. The molecule has 3 unspecified atom stereocenters. The first kappa shape index (κ1) is 14.6. The highest BCUT2D eigenvalue weighted by molar-refractivity contribution is 5.70. The van der Waals surface area contributed by atoms with Crippen molar-refractivity contribution in [2.75, 3.05) is 7.05 Å². The Hall–Kier alpha value is -1.42. The molecule has 0 saturated carbocycles. The molecule has 0 aliphatic heterocycles. The maximum absolute atomic E-state index is 13.7. The molecule has 0 heterocycles. The molecule has 0 bridgehead atoms. The fourth-order valence-corrected chi connectivity index (χ4v) is 1.95. The number of halogens is 1. The normalized spacial score (nSPS) is 16.3. The summed E-state index contributed by atoms with van der Waals surface area (Å²) in [7, 11) is 1.82. The number of benzene rings is 1. The number of hydrogen-bond acceptors (Lipinski definition) is 2. The minimum Gasteiger partial charge on any atom is -0.481 e. The molecule has 1 aromatic rings. The van der Waals surface area contributed by atoms with Crippen LogP contribution in [0.2, 0.25) is 0 Å². The number of carboxylic acids is 1. The first-order chi connectivity index (χ1) is 8.36. The van der Waals surface area contributed by atoms with Gasteiger partial charge in [-0.05, 0) is 27.0 Å². The van der Waals surface area contributed by atoms with Crippen LogP contribution in [0.5, 0.6) is 0 Å². The molecule has 0 aromatic heterocycles. The van der Waals surface area contributed by atoms with Crippen molar-refractivity contribution in [2.45, 2.75) is 32.9 Å². The largest absolute Gasteiger partial charge is 0.481 e. The molecule has 1 rings (SSSR count). The Bertz CT molecular complexity index is 422. The van der Waals surface area contributed by atoms with Gasteiger partial charge in [0.25, 0.3) is 0 Å². The molecule has 0 aliphatic rings. The fraction of sp³-hybridized carbons (Fsp3) is 0.500. The molecule has 1 N–H and O–H groups in total. The van der Waals surface area contributed by atoms with Crippen LogP contribution in [0.25, 0.3) is 0 Å². The van der Waals surface area contributed by atoms with Crippen molar-refractivity contribution in [2.24, 2.45) is 5.92 Å². The van der Waals surface area contributed by atoms with Crippen LogP contribution in [0.15, 0.2) is 24.3 Å². The molecule has 0 saturated heterocycles. The highest BCUT2D eigenvalue weighted by atomic mass is 19.1. The first-order valence-electron chi connectivity index (χ1n) is 6.05. The van der Waals surface area contributed by atoms with E-state index in [0.29, 0.717) is 5.56 Å². The molecule has 18 heavy (non-hydrogen) atoms. The minimum absolute atomic E-state index is 0.164. The summed E-state index contributed by atoms with van der Waals surface area (Å²) in [6.07, 6.45) is 0. The van der Waals surface area contributed by atoms with Gasteiger partial charge in [0.1, 0.15) is 5.82 Å². The van der Waals surface area contributed by atoms with Crippen LogP contribution in [-0.2, 0) is 4.79 Å². The van der Waals surface area contributed by atoms with Crippen LogP contribution in [0.4, 0.5) is 4.39 Å². The minimum atomic E-state index is -0.838. The maximum atomic E-state index is 13.7. The van der Waals surface area contributed by atoms with Crippen LogP contribution in [0, 0.1) is 11.7 Å². The lowest BCUT2D eigenvalue weighted by atomic mass is 9.99. The monoisotopic (exact) mass is 253 g/mol. The third-order valence-electron chi connectivity index (χ3n) is 3.72. The highest BCUT2D eigenvalue weighted by Crippen LogP contribution is 2.25. The maximum Gasteiger partial charge on any atom is 0.307 e. The molecule has 3 nitrogen and oxygen atoms in total. The zero-order valence-corrected chi connectivity index (χ0v) is 11.2. The van der Waals surface area contributed by atoms with Crippen LogP contribution in [0.3, 0.4) is 0 Å².